The summed E-state index contributed by atoms with van der Waals surface area (Å²) in [7, 11) is -8.99. The van der Waals surface area contributed by atoms with Crippen molar-refractivity contribution in [2.75, 3.05) is 5.94 Å². The monoisotopic (exact) mass is 297 g/mol. The number of hydrogen-bond donors (Lipinski definition) is 1. The van der Waals surface area contributed by atoms with Crippen LogP contribution in [-0.4, -0.2) is 32.3 Å². The van der Waals surface area contributed by atoms with E-state index in [-0.39, 0.29) is 5.69 Å². The summed E-state index contributed by atoms with van der Waals surface area (Å²) >= 11 is 0. The minimum absolute atomic E-state index is 0.330. The lowest BCUT2D eigenvalue weighted by atomic mass is 10.3. The maximum Gasteiger partial charge on any atom is 0.298 e. The first-order valence-corrected chi connectivity index (χ1v) is 7.22. The molecule has 0 heterocycles. The van der Waals surface area contributed by atoms with E-state index in [9.17, 15) is 26.9 Å². The summed E-state index contributed by atoms with van der Waals surface area (Å²) in [5, 5.41) is 10.3. The largest absolute Gasteiger partial charge is 0.298 e. The Hall–Kier alpha value is -1.56. The zero-order valence-electron chi connectivity index (χ0n) is 8.59. The summed E-state index contributed by atoms with van der Waals surface area (Å²) < 4.78 is 55.8. The fraction of sp³-hybridized carbons (Fsp3) is 0.143. The SMILES string of the molecule is O=[N+]([O-])c1ccc(S(=O)(=O)OCS(=O)(=O)O)cc1. The van der Waals surface area contributed by atoms with Gasteiger partial charge in [0.1, 0.15) is 0 Å². The highest BCUT2D eigenvalue weighted by atomic mass is 32.2. The van der Waals surface area contributed by atoms with E-state index >= 15 is 0 Å². The molecule has 11 heteroatoms. The Morgan fingerprint density at radius 3 is 2.06 bits per heavy atom. The second-order valence-electron chi connectivity index (χ2n) is 3.02. The van der Waals surface area contributed by atoms with Gasteiger partial charge >= 0.3 is 0 Å². The molecule has 0 amide bonds. The smallest absolute Gasteiger partial charge is 0.284 e. The number of rotatable bonds is 5. The van der Waals surface area contributed by atoms with Gasteiger partial charge in [-0.2, -0.15) is 16.8 Å². The average Bonchev–Trinajstić information content (AvgIpc) is 2.26. The number of nitrogens with zero attached hydrogens (tertiary/aromatic N) is 1. The molecule has 0 atom stereocenters. The van der Waals surface area contributed by atoms with Crippen LogP contribution in [0.3, 0.4) is 0 Å². The minimum Gasteiger partial charge on any atom is -0.284 e. The van der Waals surface area contributed by atoms with Crippen molar-refractivity contribution >= 4 is 25.9 Å². The molecule has 100 valence electrons. The summed E-state index contributed by atoms with van der Waals surface area (Å²) in [6.45, 7) is 0. The molecule has 0 saturated carbocycles. The van der Waals surface area contributed by atoms with Gasteiger partial charge < -0.3 is 0 Å². The molecule has 1 N–H and O–H groups in total. The molecule has 0 aliphatic carbocycles. The van der Waals surface area contributed by atoms with Gasteiger partial charge in [0.05, 0.1) is 9.82 Å². The van der Waals surface area contributed by atoms with Crippen LogP contribution in [-0.2, 0) is 24.4 Å². The average molecular weight is 297 g/mol. The molecule has 0 aliphatic rings. The van der Waals surface area contributed by atoms with Gasteiger partial charge in [-0.15, -0.1) is 0 Å². The predicted molar refractivity (Wildman–Crippen MR) is 57.8 cm³/mol. The zero-order valence-corrected chi connectivity index (χ0v) is 10.2. The molecule has 0 fully saturated rings. The second-order valence-corrected chi connectivity index (χ2v) is 6.04. The number of non-ortho nitro benzene ring substituents is 1. The highest BCUT2D eigenvalue weighted by molar-refractivity contribution is 7.89. The van der Waals surface area contributed by atoms with Crippen LogP contribution < -0.4 is 0 Å². The summed E-state index contributed by atoms with van der Waals surface area (Å²) in [6, 6.07) is 3.61. The van der Waals surface area contributed by atoms with E-state index in [0.717, 1.165) is 24.3 Å². The Balaban J connectivity index is 2.96. The summed E-state index contributed by atoms with van der Waals surface area (Å²) in [4.78, 5) is 9.14. The van der Waals surface area contributed by atoms with Crippen LogP contribution in [0.5, 0.6) is 0 Å². The number of hydrogen-bond acceptors (Lipinski definition) is 7. The first kappa shape index (κ1) is 14.5. The van der Waals surface area contributed by atoms with Crippen LogP contribution in [0, 0.1) is 10.1 Å². The van der Waals surface area contributed by atoms with Crippen molar-refractivity contribution in [2.45, 2.75) is 4.90 Å². The molecule has 0 unspecified atom stereocenters. The van der Waals surface area contributed by atoms with Crippen molar-refractivity contribution in [3.05, 3.63) is 34.4 Å². The van der Waals surface area contributed by atoms with Crippen LogP contribution in [0.1, 0.15) is 0 Å². The van der Waals surface area contributed by atoms with Crippen molar-refractivity contribution < 1.29 is 30.5 Å². The first-order chi connectivity index (χ1) is 8.12. The van der Waals surface area contributed by atoms with Crippen LogP contribution in [0.2, 0.25) is 0 Å². The molecule has 9 nitrogen and oxygen atoms in total. The molecule has 0 aromatic heterocycles. The normalized spacial score (nSPS) is 12.3. The maximum atomic E-state index is 11.4. The van der Waals surface area contributed by atoms with Gasteiger partial charge in [-0.05, 0) is 12.1 Å². The van der Waals surface area contributed by atoms with Gasteiger partial charge in [-0.3, -0.25) is 14.7 Å². The van der Waals surface area contributed by atoms with Crippen LogP contribution in [0.15, 0.2) is 29.2 Å². The molecule has 0 spiro atoms. The Morgan fingerprint density at radius 2 is 1.67 bits per heavy atom. The lowest BCUT2D eigenvalue weighted by molar-refractivity contribution is -0.384. The molecule has 18 heavy (non-hydrogen) atoms. The summed E-state index contributed by atoms with van der Waals surface area (Å²) in [5.74, 6) is -1.42. The van der Waals surface area contributed by atoms with Crippen molar-refractivity contribution in [3.8, 4) is 0 Å². The lowest BCUT2D eigenvalue weighted by Gasteiger charge is -2.03. The van der Waals surface area contributed by atoms with Crippen molar-refractivity contribution in [3.63, 3.8) is 0 Å². The molecule has 1 rings (SSSR count). The van der Waals surface area contributed by atoms with E-state index < -0.39 is 36.0 Å². The zero-order chi connectivity index (χ0) is 14.0. The second kappa shape index (κ2) is 4.97. The predicted octanol–water partition coefficient (Wildman–Crippen LogP) is 0.145. The van der Waals surface area contributed by atoms with Crippen molar-refractivity contribution in [1.82, 2.24) is 0 Å². The van der Waals surface area contributed by atoms with Crippen LogP contribution in [0.25, 0.3) is 0 Å². The van der Waals surface area contributed by atoms with E-state index in [1.807, 2.05) is 0 Å². The molecule has 0 aliphatic heterocycles. The van der Waals surface area contributed by atoms with E-state index in [1.165, 1.54) is 0 Å². The number of benzene rings is 1. The van der Waals surface area contributed by atoms with Crippen molar-refractivity contribution in [2.24, 2.45) is 0 Å². The Bertz CT molecular complexity index is 645. The van der Waals surface area contributed by atoms with Gasteiger partial charge in [0.25, 0.3) is 25.9 Å². The molecule has 0 bridgehead atoms. The maximum absolute atomic E-state index is 11.4. The van der Waals surface area contributed by atoms with E-state index in [1.54, 1.807) is 0 Å². The highest BCUT2D eigenvalue weighted by Crippen LogP contribution is 2.17. The number of nitro benzene ring substituents is 1. The Morgan fingerprint density at radius 1 is 1.17 bits per heavy atom. The first-order valence-electron chi connectivity index (χ1n) is 4.21. The Labute approximate surface area is 102 Å². The third-order valence-electron chi connectivity index (χ3n) is 1.69. The standard InChI is InChI=1S/C7H7NO8S2/c9-8(10)6-1-3-7(4-2-6)18(14,15)16-5-17(11,12)13/h1-4H,5H2,(H,11,12,13). The van der Waals surface area contributed by atoms with Gasteiger partial charge in [0, 0.05) is 12.1 Å². The van der Waals surface area contributed by atoms with Crippen LogP contribution >= 0.6 is 0 Å². The van der Waals surface area contributed by atoms with E-state index in [4.69, 9.17) is 4.55 Å². The molecule has 0 saturated heterocycles. The fourth-order valence-electron chi connectivity index (χ4n) is 0.927. The van der Waals surface area contributed by atoms with Gasteiger partial charge in [0.2, 0.25) is 0 Å². The summed E-state index contributed by atoms with van der Waals surface area (Å²) in [5.41, 5.74) is -0.330. The molecule has 0 radical (unpaired) electrons. The third kappa shape index (κ3) is 4.03. The van der Waals surface area contributed by atoms with Crippen LogP contribution in [0.4, 0.5) is 5.69 Å². The number of nitro groups is 1. The minimum atomic E-state index is -4.60. The highest BCUT2D eigenvalue weighted by Gasteiger charge is 2.19. The molecule has 1 aromatic rings. The van der Waals surface area contributed by atoms with E-state index in [0.29, 0.717) is 0 Å². The molecular weight excluding hydrogens is 290 g/mol. The van der Waals surface area contributed by atoms with Gasteiger partial charge in [0.15, 0.2) is 5.94 Å². The lowest BCUT2D eigenvalue weighted by Crippen LogP contribution is -2.14. The molecule has 1 aromatic carbocycles. The molecular formula is C7H7NO8S2. The summed E-state index contributed by atoms with van der Waals surface area (Å²) in [6.07, 6.45) is 0. The quantitative estimate of drug-likeness (QED) is 0.350. The van der Waals surface area contributed by atoms with Gasteiger partial charge in [-0.1, -0.05) is 0 Å². The third-order valence-corrected chi connectivity index (χ3v) is 3.53. The van der Waals surface area contributed by atoms with Crippen molar-refractivity contribution in [1.29, 1.82) is 0 Å². The Kier molecular flexibility index (Phi) is 4.01. The van der Waals surface area contributed by atoms with Gasteiger partial charge in [-0.25, -0.2) is 4.18 Å². The fourth-order valence-corrected chi connectivity index (χ4v) is 2.53. The van der Waals surface area contributed by atoms with E-state index in [2.05, 4.69) is 4.18 Å². The topological polar surface area (TPSA) is 141 Å².